The predicted molar refractivity (Wildman–Crippen MR) is 132 cm³/mol. The number of anilines is 1. The van der Waals surface area contributed by atoms with Crippen LogP contribution in [0.15, 0.2) is 83.0 Å². The molecule has 0 aliphatic heterocycles. The van der Waals surface area contributed by atoms with Gasteiger partial charge in [-0.3, -0.25) is 4.79 Å². The number of halogens is 2. The van der Waals surface area contributed by atoms with Crippen molar-refractivity contribution in [3.05, 3.63) is 88.4 Å². The van der Waals surface area contributed by atoms with Crippen LogP contribution in [0.3, 0.4) is 0 Å². The van der Waals surface area contributed by atoms with Crippen molar-refractivity contribution < 1.29 is 14.3 Å². The highest BCUT2D eigenvalue weighted by atomic mass is 35.5. The van der Waals surface area contributed by atoms with Gasteiger partial charge in [-0.05, 0) is 35.7 Å². The van der Waals surface area contributed by atoms with Gasteiger partial charge in [0.25, 0.3) is 5.91 Å². The number of nitrogens with one attached hydrogen (secondary N) is 1. The number of amides is 1. The summed E-state index contributed by atoms with van der Waals surface area (Å²) in [6.45, 7) is 0. The molecule has 166 valence electrons. The molecule has 4 aromatic carbocycles. The molecule has 1 amide bonds. The Labute approximate surface area is 200 Å². The Morgan fingerprint density at radius 1 is 0.848 bits per heavy atom. The molecule has 0 saturated carbocycles. The average Bonchev–Trinajstić information content (AvgIpc) is 2.82. The molecular formula is C25H19Cl2N3O3. The van der Waals surface area contributed by atoms with Crippen LogP contribution in [-0.2, 0) is 0 Å². The second-order valence-corrected chi connectivity index (χ2v) is 7.83. The normalized spacial score (nSPS) is 11.0. The zero-order chi connectivity index (χ0) is 23.4. The number of para-hydroxylation sites is 1. The van der Waals surface area contributed by atoms with Crippen LogP contribution >= 0.6 is 23.2 Å². The van der Waals surface area contributed by atoms with Crippen LogP contribution in [0.25, 0.3) is 10.8 Å². The topological polar surface area (TPSA) is 72.3 Å². The summed E-state index contributed by atoms with van der Waals surface area (Å²) in [4.78, 5) is 13.1. The van der Waals surface area contributed by atoms with Gasteiger partial charge in [0, 0.05) is 16.1 Å². The number of carbonyl (C=O) groups excluding carboxylic acids is 1. The number of methoxy groups -OCH3 is 2. The third kappa shape index (κ3) is 4.77. The quantitative estimate of drug-likeness (QED) is 0.286. The Morgan fingerprint density at radius 2 is 1.55 bits per heavy atom. The largest absolute Gasteiger partial charge is 0.494 e. The van der Waals surface area contributed by atoms with Crippen LogP contribution in [0.4, 0.5) is 17.1 Å². The Kier molecular flexibility index (Phi) is 6.77. The van der Waals surface area contributed by atoms with Crippen molar-refractivity contribution in [1.29, 1.82) is 0 Å². The molecule has 0 spiro atoms. The zero-order valence-corrected chi connectivity index (χ0v) is 19.3. The number of benzene rings is 4. The molecule has 0 unspecified atom stereocenters. The van der Waals surface area contributed by atoms with Crippen molar-refractivity contribution in [2.24, 2.45) is 10.2 Å². The first-order valence-corrected chi connectivity index (χ1v) is 10.7. The molecule has 4 aromatic rings. The highest BCUT2D eigenvalue weighted by molar-refractivity contribution is 6.36. The van der Waals surface area contributed by atoms with Crippen molar-refractivity contribution in [3.8, 4) is 11.5 Å². The molecular weight excluding hydrogens is 461 g/mol. The lowest BCUT2D eigenvalue weighted by Gasteiger charge is -2.14. The van der Waals surface area contributed by atoms with E-state index in [2.05, 4.69) is 15.5 Å². The number of hydrogen-bond acceptors (Lipinski definition) is 5. The molecule has 0 saturated heterocycles. The minimum atomic E-state index is -0.330. The van der Waals surface area contributed by atoms with Crippen LogP contribution in [0.2, 0.25) is 10.0 Å². The van der Waals surface area contributed by atoms with Gasteiger partial charge in [-0.25, -0.2) is 0 Å². The Morgan fingerprint density at radius 3 is 2.27 bits per heavy atom. The third-order valence-electron chi connectivity index (χ3n) is 4.91. The molecule has 0 fully saturated rings. The first-order valence-electron chi connectivity index (χ1n) is 9.92. The number of nitrogens with zero attached hydrogens (tertiary/aromatic N) is 2. The lowest BCUT2D eigenvalue weighted by Crippen LogP contribution is -2.13. The maximum absolute atomic E-state index is 13.1. The molecule has 0 bridgehead atoms. The highest BCUT2D eigenvalue weighted by Gasteiger charge is 2.20. The van der Waals surface area contributed by atoms with Gasteiger partial charge in [-0.2, -0.15) is 0 Å². The predicted octanol–water partition coefficient (Wildman–Crippen LogP) is 7.83. The van der Waals surface area contributed by atoms with Gasteiger partial charge in [0.2, 0.25) is 0 Å². The van der Waals surface area contributed by atoms with Crippen LogP contribution < -0.4 is 14.8 Å². The summed E-state index contributed by atoms with van der Waals surface area (Å²) in [5.41, 5.74) is 1.73. The fourth-order valence-electron chi connectivity index (χ4n) is 3.43. The summed E-state index contributed by atoms with van der Waals surface area (Å²) in [6, 6.07) is 21.6. The maximum atomic E-state index is 13.1. The number of azo groups is 1. The SMILES string of the molecule is COc1c(Cl)cc(Cl)cc1N=Nc1c(OC)c(C(=O)Nc2ccccc2)cc2ccccc12. The smallest absolute Gasteiger partial charge is 0.259 e. The van der Waals surface area contributed by atoms with Gasteiger partial charge >= 0.3 is 0 Å². The van der Waals surface area contributed by atoms with Crippen LogP contribution in [0.5, 0.6) is 11.5 Å². The van der Waals surface area contributed by atoms with E-state index in [0.29, 0.717) is 38.4 Å². The number of carbonyl (C=O) groups is 1. The summed E-state index contributed by atoms with van der Waals surface area (Å²) in [7, 11) is 2.97. The van der Waals surface area contributed by atoms with Gasteiger partial charge < -0.3 is 14.8 Å². The Balaban J connectivity index is 1.86. The fraction of sp³-hybridized carbons (Fsp3) is 0.0800. The first-order chi connectivity index (χ1) is 16.0. The number of ether oxygens (including phenoxy) is 2. The van der Waals surface area contributed by atoms with Crippen molar-refractivity contribution in [2.75, 3.05) is 19.5 Å². The van der Waals surface area contributed by atoms with Crippen molar-refractivity contribution in [1.82, 2.24) is 0 Å². The highest BCUT2D eigenvalue weighted by Crippen LogP contribution is 2.43. The molecule has 0 aliphatic carbocycles. The van der Waals surface area contributed by atoms with E-state index in [1.54, 1.807) is 30.3 Å². The van der Waals surface area contributed by atoms with Gasteiger partial charge in [0.15, 0.2) is 11.5 Å². The van der Waals surface area contributed by atoms with Crippen molar-refractivity contribution in [2.45, 2.75) is 0 Å². The number of fused-ring (bicyclic) bond motifs is 1. The lowest BCUT2D eigenvalue weighted by atomic mass is 10.0. The number of rotatable bonds is 6. The van der Waals surface area contributed by atoms with Gasteiger partial charge in [-0.15, -0.1) is 10.2 Å². The minimum Gasteiger partial charge on any atom is -0.494 e. The van der Waals surface area contributed by atoms with Gasteiger partial charge in [0.1, 0.15) is 11.4 Å². The Hall–Kier alpha value is -3.61. The molecule has 0 radical (unpaired) electrons. The van der Waals surface area contributed by atoms with E-state index in [9.17, 15) is 4.79 Å². The van der Waals surface area contributed by atoms with Gasteiger partial charge in [0.05, 0.1) is 24.8 Å². The molecule has 0 atom stereocenters. The summed E-state index contributed by atoms with van der Waals surface area (Å²) in [5, 5.41) is 13.9. The Bertz CT molecular complexity index is 1360. The fourth-order valence-corrected chi connectivity index (χ4v) is 3.99. The maximum Gasteiger partial charge on any atom is 0.259 e. The summed E-state index contributed by atoms with van der Waals surface area (Å²) < 4.78 is 11.0. The van der Waals surface area contributed by atoms with Crippen LogP contribution in [0, 0.1) is 0 Å². The van der Waals surface area contributed by atoms with Crippen LogP contribution in [0.1, 0.15) is 10.4 Å². The van der Waals surface area contributed by atoms with Gasteiger partial charge in [-0.1, -0.05) is 65.7 Å². The van der Waals surface area contributed by atoms with E-state index < -0.39 is 0 Å². The molecule has 4 rings (SSSR count). The number of hydrogen-bond donors (Lipinski definition) is 1. The van der Waals surface area contributed by atoms with Crippen LogP contribution in [-0.4, -0.2) is 20.1 Å². The molecule has 1 N–H and O–H groups in total. The molecule has 0 aromatic heterocycles. The van der Waals surface area contributed by atoms with E-state index in [1.165, 1.54) is 14.2 Å². The third-order valence-corrected chi connectivity index (χ3v) is 5.41. The minimum absolute atomic E-state index is 0.290. The van der Waals surface area contributed by atoms with Crippen molar-refractivity contribution >= 4 is 56.9 Å². The molecule has 8 heteroatoms. The lowest BCUT2D eigenvalue weighted by molar-refractivity contribution is 0.102. The summed E-state index contributed by atoms with van der Waals surface area (Å²) in [5.74, 6) is 0.299. The van der Waals surface area contributed by atoms with E-state index >= 15 is 0 Å². The molecule has 0 heterocycles. The van der Waals surface area contributed by atoms with E-state index in [4.69, 9.17) is 32.7 Å². The first kappa shape index (κ1) is 22.6. The molecule has 6 nitrogen and oxygen atoms in total. The standard InChI is InChI=1S/C25H19Cl2N3O3/c1-32-23-19(25(31)28-17-9-4-3-5-10-17)12-15-8-6-7-11-18(15)22(23)30-29-21-14-16(26)13-20(27)24(21)33-2/h3-14H,1-2H3,(H,28,31). The summed E-state index contributed by atoms with van der Waals surface area (Å²) >= 11 is 12.4. The van der Waals surface area contributed by atoms with Crippen molar-refractivity contribution in [3.63, 3.8) is 0 Å². The zero-order valence-electron chi connectivity index (χ0n) is 17.8. The second-order valence-electron chi connectivity index (χ2n) is 6.99. The summed E-state index contributed by atoms with van der Waals surface area (Å²) in [6.07, 6.45) is 0. The van der Waals surface area contributed by atoms with E-state index in [-0.39, 0.29) is 11.7 Å². The molecule has 0 aliphatic rings. The van der Waals surface area contributed by atoms with E-state index in [0.717, 1.165) is 10.8 Å². The second kappa shape index (κ2) is 9.90. The van der Waals surface area contributed by atoms with E-state index in [1.807, 2.05) is 42.5 Å². The average molecular weight is 480 g/mol. The molecule has 33 heavy (non-hydrogen) atoms. The monoisotopic (exact) mass is 479 g/mol.